The van der Waals surface area contributed by atoms with Gasteiger partial charge in [-0.2, -0.15) is 5.10 Å². The number of hydrogen-bond acceptors (Lipinski definition) is 3. The molecule has 6 nitrogen and oxygen atoms in total. The summed E-state index contributed by atoms with van der Waals surface area (Å²) in [6.07, 6.45) is 1.32. The molecular formula is C10H9FN4O2. The Morgan fingerprint density at radius 2 is 2.24 bits per heavy atom. The van der Waals surface area contributed by atoms with Crippen molar-refractivity contribution in [3.63, 3.8) is 0 Å². The molecule has 0 aliphatic carbocycles. The Morgan fingerprint density at radius 1 is 1.47 bits per heavy atom. The van der Waals surface area contributed by atoms with Crippen LogP contribution in [0.5, 0.6) is 0 Å². The van der Waals surface area contributed by atoms with Crippen LogP contribution in [0.15, 0.2) is 24.4 Å². The number of nitrogens with zero attached hydrogens (tertiary/aromatic N) is 2. The van der Waals surface area contributed by atoms with Gasteiger partial charge in [0.15, 0.2) is 0 Å². The van der Waals surface area contributed by atoms with Gasteiger partial charge in [0, 0.05) is 0 Å². The molecule has 7 heteroatoms. The van der Waals surface area contributed by atoms with Crippen molar-refractivity contribution >= 4 is 22.8 Å². The Labute approximate surface area is 95.2 Å². The van der Waals surface area contributed by atoms with Crippen LogP contribution in [-0.4, -0.2) is 21.7 Å². The van der Waals surface area contributed by atoms with Crippen molar-refractivity contribution in [3.8, 4) is 0 Å². The molecule has 1 aromatic carbocycles. The van der Waals surface area contributed by atoms with Crippen molar-refractivity contribution in [2.75, 3.05) is 0 Å². The summed E-state index contributed by atoms with van der Waals surface area (Å²) in [7, 11) is 0. The zero-order chi connectivity index (χ0) is 12.4. The summed E-state index contributed by atoms with van der Waals surface area (Å²) >= 11 is 0. The monoisotopic (exact) mass is 236 g/mol. The number of rotatable bonds is 2. The Bertz CT molecular complexity index is 593. The molecule has 3 amide bonds. The first-order chi connectivity index (χ1) is 8.08. The summed E-state index contributed by atoms with van der Waals surface area (Å²) in [6, 6.07) is 3.51. The third-order valence-corrected chi connectivity index (χ3v) is 2.19. The molecule has 1 heterocycles. The molecule has 0 saturated heterocycles. The van der Waals surface area contributed by atoms with E-state index < -0.39 is 17.8 Å². The lowest BCUT2D eigenvalue weighted by Gasteiger charge is -2.02. The van der Waals surface area contributed by atoms with Crippen molar-refractivity contribution < 1.29 is 14.0 Å². The SMILES string of the molecule is NC(=O)NC(=O)Cn1ncc2c(F)cccc21. The van der Waals surface area contributed by atoms with Gasteiger partial charge in [-0.15, -0.1) is 0 Å². The Hall–Kier alpha value is -2.44. The first-order valence-electron chi connectivity index (χ1n) is 4.77. The minimum atomic E-state index is -0.933. The van der Waals surface area contributed by atoms with E-state index in [9.17, 15) is 14.0 Å². The van der Waals surface area contributed by atoms with Gasteiger partial charge in [0.2, 0.25) is 5.91 Å². The number of imide groups is 1. The summed E-state index contributed by atoms with van der Waals surface area (Å²) < 4.78 is 14.6. The number of primary amides is 1. The second kappa shape index (κ2) is 4.20. The summed E-state index contributed by atoms with van der Waals surface area (Å²) in [5.74, 6) is -1.02. The highest BCUT2D eigenvalue weighted by Crippen LogP contribution is 2.16. The van der Waals surface area contributed by atoms with Crippen LogP contribution in [0.1, 0.15) is 0 Å². The fourth-order valence-electron chi connectivity index (χ4n) is 1.51. The van der Waals surface area contributed by atoms with Crippen LogP contribution in [0.2, 0.25) is 0 Å². The first-order valence-corrected chi connectivity index (χ1v) is 4.77. The zero-order valence-electron chi connectivity index (χ0n) is 8.68. The van der Waals surface area contributed by atoms with E-state index in [4.69, 9.17) is 5.73 Å². The van der Waals surface area contributed by atoms with Gasteiger partial charge >= 0.3 is 6.03 Å². The number of benzene rings is 1. The van der Waals surface area contributed by atoms with Crippen LogP contribution >= 0.6 is 0 Å². The highest BCUT2D eigenvalue weighted by molar-refractivity contribution is 5.94. The Morgan fingerprint density at radius 3 is 2.94 bits per heavy atom. The van der Waals surface area contributed by atoms with Gasteiger partial charge in [0.25, 0.3) is 0 Å². The third-order valence-electron chi connectivity index (χ3n) is 2.19. The highest BCUT2D eigenvalue weighted by atomic mass is 19.1. The van der Waals surface area contributed by atoms with Gasteiger partial charge in [-0.3, -0.25) is 14.8 Å². The number of urea groups is 1. The number of nitrogens with two attached hydrogens (primary N) is 1. The molecule has 0 radical (unpaired) electrons. The molecule has 88 valence electrons. The van der Waals surface area contributed by atoms with E-state index in [0.717, 1.165) is 0 Å². The zero-order valence-corrected chi connectivity index (χ0v) is 8.68. The number of amides is 3. The molecule has 0 aliphatic heterocycles. The maximum atomic E-state index is 13.3. The van der Waals surface area contributed by atoms with E-state index >= 15 is 0 Å². The van der Waals surface area contributed by atoms with Gasteiger partial charge < -0.3 is 5.73 Å². The number of aromatic nitrogens is 2. The molecular weight excluding hydrogens is 227 g/mol. The van der Waals surface area contributed by atoms with Crippen LogP contribution in [-0.2, 0) is 11.3 Å². The van der Waals surface area contributed by atoms with E-state index in [2.05, 4.69) is 5.10 Å². The van der Waals surface area contributed by atoms with Crippen molar-refractivity contribution in [2.24, 2.45) is 5.73 Å². The first kappa shape index (κ1) is 11.1. The predicted octanol–water partition coefficient (Wildman–Crippen LogP) is 0.370. The maximum Gasteiger partial charge on any atom is 0.318 e. The van der Waals surface area contributed by atoms with Gasteiger partial charge in [-0.25, -0.2) is 9.18 Å². The Balaban J connectivity index is 2.28. The second-order valence-corrected chi connectivity index (χ2v) is 3.39. The van der Waals surface area contributed by atoms with Gasteiger partial charge in [-0.1, -0.05) is 6.07 Å². The van der Waals surface area contributed by atoms with Gasteiger partial charge in [0.1, 0.15) is 12.4 Å². The van der Waals surface area contributed by atoms with E-state index in [0.29, 0.717) is 10.9 Å². The lowest BCUT2D eigenvalue weighted by atomic mass is 10.2. The van der Waals surface area contributed by atoms with Crippen LogP contribution < -0.4 is 11.1 Å². The molecule has 2 aromatic rings. The largest absolute Gasteiger partial charge is 0.351 e. The standard InChI is InChI=1S/C10H9FN4O2/c11-7-2-1-3-8-6(7)4-13-15(8)5-9(16)14-10(12)17/h1-4H,5H2,(H3,12,14,16,17). The fourth-order valence-corrected chi connectivity index (χ4v) is 1.51. The molecule has 0 atom stereocenters. The molecule has 3 N–H and O–H groups in total. The molecule has 0 aliphatic rings. The van der Waals surface area contributed by atoms with Crippen LogP contribution in [0.3, 0.4) is 0 Å². The Kier molecular flexibility index (Phi) is 2.73. The predicted molar refractivity (Wildman–Crippen MR) is 57.4 cm³/mol. The smallest absolute Gasteiger partial charge is 0.318 e. The normalized spacial score (nSPS) is 10.4. The van der Waals surface area contributed by atoms with Crippen LogP contribution in [0.25, 0.3) is 10.9 Å². The minimum absolute atomic E-state index is 0.199. The van der Waals surface area contributed by atoms with Gasteiger partial charge in [-0.05, 0) is 12.1 Å². The van der Waals surface area contributed by atoms with E-state index in [1.807, 2.05) is 5.32 Å². The number of nitrogens with one attached hydrogen (secondary N) is 1. The number of fused-ring (bicyclic) bond motifs is 1. The van der Waals surface area contributed by atoms with E-state index in [-0.39, 0.29) is 6.54 Å². The summed E-state index contributed by atoms with van der Waals surface area (Å²) in [6.45, 7) is -0.199. The van der Waals surface area contributed by atoms with Crippen molar-refractivity contribution in [2.45, 2.75) is 6.54 Å². The third kappa shape index (κ3) is 2.22. The molecule has 0 unspecified atom stereocenters. The summed E-state index contributed by atoms with van der Waals surface area (Å²) in [5.41, 5.74) is 5.28. The molecule has 0 spiro atoms. The molecule has 0 saturated carbocycles. The summed E-state index contributed by atoms with van der Waals surface area (Å²) in [4.78, 5) is 21.7. The summed E-state index contributed by atoms with van der Waals surface area (Å²) in [5, 5.41) is 6.09. The fraction of sp³-hybridized carbons (Fsp3) is 0.100. The second-order valence-electron chi connectivity index (χ2n) is 3.39. The quantitative estimate of drug-likeness (QED) is 0.789. The number of halogens is 1. The highest BCUT2D eigenvalue weighted by Gasteiger charge is 2.10. The lowest BCUT2D eigenvalue weighted by molar-refractivity contribution is -0.120. The van der Waals surface area contributed by atoms with Crippen LogP contribution in [0, 0.1) is 5.82 Å². The molecule has 0 bridgehead atoms. The maximum absolute atomic E-state index is 13.3. The van der Waals surface area contributed by atoms with Crippen molar-refractivity contribution in [1.82, 2.24) is 15.1 Å². The topological polar surface area (TPSA) is 90.0 Å². The average molecular weight is 236 g/mol. The lowest BCUT2D eigenvalue weighted by Crippen LogP contribution is -2.37. The number of carbonyl (C=O) groups excluding carboxylic acids is 2. The molecule has 0 fully saturated rings. The number of carbonyl (C=O) groups is 2. The van der Waals surface area contributed by atoms with Crippen molar-refractivity contribution in [1.29, 1.82) is 0 Å². The van der Waals surface area contributed by atoms with Gasteiger partial charge in [0.05, 0.1) is 17.1 Å². The molecule has 1 aromatic heterocycles. The minimum Gasteiger partial charge on any atom is -0.351 e. The number of hydrogen-bond donors (Lipinski definition) is 2. The average Bonchev–Trinajstić information content (AvgIpc) is 2.62. The van der Waals surface area contributed by atoms with Crippen molar-refractivity contribution in [3.05, 3.63) is 30.2 Å². The van der Waals surface area contributed by atoms with E-state index in [1.165, 1.54) is 23.0 Å². The molecule has 17 heavy (non-hydrogen) atoms. The molecule has 2 rings (SSSR count). The van der Waals surface area contributed by atoms with E-state index in [1.54, 1.807) is 6.07 Å². The van der Waals surface area contributed by atoms with Crippen LogP contribution in [0.4, 0.5) is 9.18 Å².